The number of hydrogen-bond donors (Lipinski definition) is 3. The number of halogens is 2. The molecule has 1 atom stereocenters. The average Bonchev–Trinajstić information content (AvgIpc) is 3.04. The zero-order chi connectivity index (χ0) is 21.8. The summed E-state index contributed by atoms with van der Waals surface area (Å²) in [6.07, 6.45) is 7.35. The van der Waals surface area contributed by atoms with E-state index >= 15 is 0 Å². The lowest BCUT2D eigenvalue weighted by Crippen LogP contribution is -2.31. The molecule has 3 rings (SSSR count). The zero-order valence-electron chi connectivity index (χ0n) is 16.9. The van der Waals surface area contributed by atoms with Crippen molar-refractivity contribution in [1.82, 2.24) is 15.1 Å². The van der Waals surface area contributed by atoms with Crippen LogP contribution in [0.5, 0.6) is 0 Å². The van der Waals surface area contributed by atoms with Gasteiger partial charge in [-0.3, -0.25) is 0 Å². The third kappa shape index (κ3) is 4.61. The largest absolute Gasteiger partial charge is 0.508 e. The minimum Gasteiger partial charge on any atom is -0.508 e. The molecule has 0 saturated carbocycles. The fraction of sp³-hybridized carbons (Fsp3) is 0.273. The number of aliphatic imine (C=N–C) groups is 1. The van der Waals surface area contributed by atoms with Gasteiger partial charge in [0.15, 0.2) is 12.0 Å². The van der Waals surface area contributed by atoms with E-state index < -0.39 is 6.23 Å². The Morgan fingerprint density at radius 1 is 1.37 bits per heavy atom. The number of nitrogens with zero attached hydrogens (tertiary/aromatic N) is 3. The zero-order valence-corrected chi connectivity index (χ0v) is 18.4. The Bertz CT molecular complexity index is 1030. The normalized spacial score (nSPS) is 16.4. The van der Waals surface area contributed by atoms with Crippen molar-refractivity contribution in [3.63, 3.8) is 0 Å². The number of nitrogens with one attached hydrogen (secondary N) is 1. The lowest BCUT2D eigenvalue weighted by molar-refractivity contribution is 0.159. The van der Waals surface area contributed by atoms with Crippen molar-refractivity contribution in [2.45, 2.75) is 39.3 Å². The molecule has 0 spiro atoms. The summed E-state index contributed by atoms with van der Waals surface area (Å²) in [5.41, 5.74) is 2.94. The van der Waals surface area contributed by atoms with Crippen molar-refractivity contribution in [2.24, 2.45) is 4.99 Å². The first-order valence-corrected chi connectivity index (χ1v) is 10.4. The maximum absolute atomic E-state index is 10.7. The lowest BCUT2D eigenvalue weighted by Gasteiger charge is -2.22. The van der Waals surface area contributed by atoms with Crippen LogP contribution >= 0.6 is 23.2 Å². The van der Waals surface area contributed by atoms with Crippen LogP contribution in [0.25, 0.3) is 5.69 Å². The maximum atomic E-state index is 10.7. The van der Waals surface area contributed by atoms with Gasteiger partial charge in [0.1, 0.15) is 11.6 Å². The van der Waals surface area contributed by atoms with Crippen molar-refractivity contribution in [2.75, 3.05) is 0 Å². The molecule has 1 unspecified atom stereocenters. The molecular formula is C22H24Cl2N4O2. The minimum atomic E-state index is -0.916. The molecule has 0 fully saturated rings. The van der Waals surface area contributed by atoms with Crippen molar-refractivity contribution in [3.05, 3.63) is 75.6 Å². The SMILES string of the molecule is C=C/C=C(O)\C=C/CCC1=Nc2c(c(CC)nn2-c2c(C)cc(Cl)cc2Cl)C(O)N1. The van der Waals surface area contributed by atoms with Gasteiger partial charge in [-0.1, -0.05) is 48.9 Å². The van der Waals surface area contributed by atoms with E-state index in [1.807, 2.05) is 26.0 Å². The molecule has 1 aliphatic rings. The van der Waals surface area contributed by atoms with Crippen LogP contribution in [-0.2, 0) is 6.42 Å². The van der Waals surface area contributed by atoms with Gasteiger partial charge in [0.2, 0.25) is 0 Å². The van der Waals surface area contributed by atoms with Gasteiger partial charge in [0, 0.05) is 11.4 Å². The standard InChI is InChI=1S/C22H24Cl2N4O2/c1-4-8-15(29)9-6-7-10-18-25-21-19(22(30)26-18)17(5-2)27-28(21)20-13(3)11-14(23)12-16(20)24/h4,6,8-9,11-12,22,29-30H,1,5,7,10H2,2-3H3,(H,25,26)/b9-6-,15-8+. The predicted molar refractivity (Wildman–Crippen MR) is 122 cm³/mol. The predicted octanol–water partition coefficient (Wildman–Crippen LogP) is 5.64. The van der Waals surface area contributed by atoms with Gasteiger partial charge in [0.05, 0.1) is 22.0 Å². The highest BCUT2D eigenvalue weighted by Crippen LogP contribution is 2.38. The van der Waals surface area contributed by atoms with E-state index in [-0.39, 0.29) is 5.76 Å². The summed E-state index contributed by atoms with van der Waals surface area (Å²) in [7, 11) is 0. The third-order valence-electron chi connectivity index (χ3n) is 4.68. The highest BCUT2D eigenvalue weighted by Gasteiger charge is 2.29. The number of fused-ring (bicyclic) bond motifs is 1. The van der Waals surface area contributed by atoms with Crippen molar-refractivity contribution >= 4 is 34.9 Å². The quantitative estimate of drug-likeness (QED) is 0.379. The topological polar surface area (TPSA) is 82.7 Å². The van der Waals surface area contributed by atoms with Crippen molar-refractivity contribution in [1.29, 1.82) is 0 Å². The van der Waals surface area contributed by atoms with Gasteiger partial charge in [-0.15, -0.1) is 0 Å². The molecule has 0 radical (unpaired) electrons. The molecule has 0 aliphatic carbocycles. The summed E-state index contributed by atoms with van der Waals surface area (Å²) in [5.74, 6) is 1.31. The van der Waals surface area contributed by atoms with Crippen LogP contribution < -0.4 is 5.32 Å². The number of aliphatic hydroxyl groups is 2. The molecule has 0 amide bonds. The maximum Gasteiger partial charge on any atom is 0.165 e. The first kappa shape index (κ1) is 22.2. The molecule has 1 aromatic heterocycles. The smallest absolute Gasteiger partial charge is 0.165 e. The van der Waals surface area contributed by atoms with E-state index in [1.54, 1.807) is 16.8 Å². The lowest BCUT2D eigenvalue weighted by atomic mass is 10.1. The molecule has 3 N–H and O–H groups in total. The number of aryl methyl sites for hydroxylation is 2. The van der Waals surface area contributed by atoms with Crippen LogP contribution in [0.4, 0.5) is 5.82 Å². The molecule has 0 saturated heterocycles. The molecule has 8 heteroatoms. The second-order valence-electron chi connectivity index (χ2n) is 6.88. The minimum absolute atomic E-state index is 0.129. The summed E-state index contributed by atoms with van der Waals surface area (Å²) in [6, 6.07) is 3.49. The first-order valence-electron chi connectivity index (χ1n) is 9.63. The molecule has 30 heavy (non-hydrogen) atoms. The van der Waals surface area contributed by atoms with Crippen molar-refractivity contribution < 1.29 is 10.2 Å². The highest BCUT2D eigenvalue weighted by atomic mass is 35.5. The third-order valence-corrected chi connectivity index (χ3v) is 5.19. The van der Waals surface area contributed by atoms with Crippen LogP contribution in [-0.4, -0.2) is 25.8 Å². The van der Waals surface area contributed by atoms with Crippen molar-refractivity contribution in [3.8, 4) is 5.69 Å². The van der Waals surface area contributed by atoms with Gasteiger partial charge in [-0.25, -0.2) is 9.67 Å². The van der Waals surface area contributed by atoms with Crippen LogP contribution in [0, 0.1) is 6.92 Å². The number of amidine groups is 1. The van der Waals surface area contributed by atoms with E-state index in [0.717, 1.165) is 11.3 Å². The Balaban J connectivity index is 1.98. The number of allylic oxidation sites excluding steroid dienone is 4. The number of rotatable bonds is 7. The highest BCUT2D eigenvalue weighted by molar-refractivity contribution is 6.36. The van der Waals surface area contributed by atoms with Crippen LogP contribution in [0.3, 0.4) is 0 Å². The van der Waals surface area contributed by atoms with E-state index in [0.29, 0.717) is 52.2 Å². The van der Waals surface area contributed by atoms with E-state index in [9.17, 15) is 10.2 Å². The second-order valence-corrected chi connectivity index (χ2v) is 7.72. The summed E-state index contributed by atoms with van der Waals surface area (Å²) in [6.45, 7) is 7.42. The van der Waals surface area contributed by atoms with Gasteiger partial charge in [-0.05, 0) is 49.6 Å². The van der Waals surface area contributed by atoms with E-state index in [4.69, 9.17) is 28.2 Å². The molecule has 2 heterocycles. The molecule has 0 bridgehead atoms. The fourth-order valence-corrected chi connectivity index (χ4v) is 4.03. The van der Waals surface area contributed by atoms with Gasteiger partial charge in [-0.2, -0.15) is 5.10 Å². The molecule has 6 nitrogen and oxygen atoms in total. The van der Waals surface area contributed by atoms with Crippen LogP contribution in [0.15, 0.2) is 53.8 Å². The van der Waals surface area contributed by atoms with Gasteiger partial charge < -0.3 is 15.5 Å². The second kappa shape index (κ2) is 9.51. The van der Waals surface area contributed by atoms with Gasteiger partial charge in [0.25, 0.3) is 0 Å². The van der Waals surface area contributed by atoms with E-state index in [2.05, 4.69) is 17.0 Å². The number of aromatic nitrogens is 2. The first-order chi connectivity index (χ1) is 14.3. The summed E-state index contributed by atoms with van der Waals surface area (Å²) in [5, 5.41) is 29.0. The Labute approximate surface area is 185 Å². The number of hydrogen-bond acceptors (Lipinski definition) is 5. The number of aliphatic hydroxyl groups excluding tert-OH is 2. The Morgan fingerprint density at radius 3 is 2.80 bits per heavy atom. The fourth-order valence-electron chi connectivity index (χ4n) is 3.35. The summed E-state index contributed by atoms with van der Waals surface area (Å²) in [4.78, 5) is 4.73. The Morgan fingerprint density at radius 2 is 2.13 bits per heavy atom. The van der Waals surface area contributed by atoms with E-state index in [1.165, 1.54) is 12.2 Å². The molecular weight excluding hydrogens is 423 g/mol. The molecule has 1 aliphatic heterocycles. The van der Waals surface area contributed by atoms with Gasteiger partial charge >= 0.3 is 0 Å². The van der Waals surface area contributed by atoms with Crippen LogP contribution in [0.1, 0.15) is 42.8 Å². The average molecular weight is 447 g/mol. The molecule has 158 valence electrons. The Kier molecular flexibility index (Phi) is 7.02. The summed E-state index contributed by atoms with van der Waals surface area (Å²) >= 11 is 12.6. The number of benzene rings is 1. The summed E-state index contributed by atoms with van der Waals surface area (Å²) < 4.78 is 1.68. The van der Waals surface area contributed by atoms with Crippen LogP contribution in [0.2, 0.25) is 10.0 Å². The molecule has 2 aromatic rings. The monoisotopic (exact) mass is 446 g/mol. The molecule has 1 aromatic carbocycles. The Hall–Kier alpha value is -2.54.